The molecule has 1 amide bonds. The number of amides is 1. The van der Waals surface area contributed by atoms with Gasteiger partial charge in [-0.3, -0.25) is 9.48 Å². The SMILES string of the molecule is Cc1nn(C)c(C)c1/C=C/C(=O)NC1(CO)CC1. The smallest absolute Gasteiger partial charge is 0.244 e. The van der Waals surface area contributed by atoms with E-state index in [0.717, 1.165) is 29.8 Å². The van der Waals surface area contributed by atoms with Crippen molar-refractivity contribution < 1.29 is 9.90 Å². The fourth-order valence-electron chi connectivity index (χ4n) is 1.97. The van der Waals surface area contributed by atoms with Crippen LogP contribution in [0.3, 0.4) is 0 Å². The Bertz CT molecular complexity index is 499. The Kier molecular flexibility index (Phi) is 3.26. The molecule has 1 saturated carbocycles. The van der Waals surface area contributed by atoms with Crippen molar-refractivity contribution in [3.8, 4) is 0 Å². The van der Waals surface area contributed by atoms with Crippen molar-refractivity contribution in [1.29, 1.82) is 0 Å². The number of aliphatic hydroxyl groups excluding tert-OH is 1. The molecule has 5 heteroatoms. The average molecular weight is 249 g/mol. The van der Waals surface area contributed by atoms with Crippen LogP contribution in [0.25, 0.3) is 6.08 Å². The van der Waals surface area contributed by atoms with Crippen LogP contribution >= 0.6 is 0 Å². The minimum atomic E-state index is -0.361. The third kappa shape index (κ3) is 2.46. The van der Waals surface area contributed by atoms with Crippen LogP contribution in [0.4, 0.5) is 0 Å². The lowest BCUT2D eigenvalue weighted by Gasteiger charge is -2.11. The third-order valence-corrected chi connectivity index (χ3v) is 3.51. The molecule has 0 radical (unpaired) electrons. The van der Waals surface area contributed by atoms with E-state index in [1.807, 2.05) is 20.9 Å². The lowest BCUT2D eigenvalue weighted by molar-refractivity contribution is -0.117. The molecule has 0 spiro atoms. The van der Waals surface area contributed by atoms with Crippen molar-refractivity contribution in [1.82, 2.24) is 15.1 Å². The maximum atomic E-state index is 11.7. The molecular weight excluding hydrogens is 230 g/mol. The van der Waals surface area contributed by atoms with Crippen molar-refractivity contribution in [3.63, 3.8) is 0 Å². The molecule has 1 aliphatic carbocycles. The molecule has 1 aliphatic rings. The monoisotopic (exact) mass is 249 g/mol. The van der Waals surface area contributed by atoms with Gasteiger partial charge in [-0.1, -0.05) is 0 Å². The summed E-state index contributed by atoms with van der Waals surface area (Å²) >= 11 is 0. The normalized spacial score (nSPS) is 17.1. The molecule has 0 unspecified atom stereocenters. The van der Waals surface area contributed by atoms with Gasteiger partial charge in [-0.05, 0) is 32.8 Å². The predicted octanol–water partition coefficient (Wildman–Crippen LogP) is 0.691. The summed E-state index contributed by atoms with van der Waals surface area (Å²) in [5.74, 6) is -0.163. The van der Waals surface area contributed by atoms with Crippen molar-refractivity contribution in [2.75, 3.05) is 6.61 Å². The minimum Gasteiger partial charge on any atom is -0.394 e. The van der Waals surface area contributed by atoms with Gasteiger partial charge >= 0.3 is 0 Å². The first kappa shape index (κ1) is 12.8. The van der Waals surface area contributed by atoms with Crippen LogP contribution in [0.2, 0.25) is 0 Å². The number of aromatic nitrogens is 2. The highest BCUT2D eigenvalue weighted by Gasteiger charge is 2.42. The van der Waals surface area contributed by atoms with E-state index in [9.17, 15) is 4.79 Å². The van der Waals surface area contributed by atoms with Crippen LogP contribution in [-0.2, 0) is 11.8 Å². The maximum absolute atomic E-state index is 11.7. The second-order valence-corrected chi connectivity index (χ2v) is 4.97. The Hall–Kier alpha value is -1.62. The fraction of sp³-hybridized carbons (Fsp3) is 0.538. The number of nitrogens with one attached hydrogen (secondary N) is 1. The number of hydrogen-bond donors (Lipinski definition) is 2. The van der Waals surface area contributed by atoms with Crippen molar-refractivity contribution in [3.05, 3.63) is 23.0 Å². The number of rotatable bonds is 4. The summed E-state index contributed by atoms with van der Waals surface area (Å²) in [7, 11) is 1.88. The standard InChI is InChI=1S/C13H19N3O2/c1-9-11(10(2)16(3)15-9)4-5-12(18)14-13(8-17)6-7-13/h4-5,17H,6-8H2,1-3H3,(H,14,18)/b5-4+. The molecule has 0 bridgehead atoms. The molecule has 5 nitrogen and oxygen atoms in total. The first-order valence-electron chi connectivity index (χ1n) is 6.09. The summed E-state index contributed by atoms with van der Waals surface area (Å²) < 4.78 is 1.79. The number of nitrogens with zero attached hydrogens (tertiary/aromatic N) is 2. The number of aryl methyl sites for hydroxylation is 2. The van der Waals surface area contributed by atoms with Crippen LogP contribution in [-0.4, -0.2) is 32.9 Å². The van der Waals surface area contributed by atoms with Gasteiger partial charge < -0.3 is 10.4 Å². The molecule has 1 aromatic rings. The van der Waals surface area contributed by atoms with E-state index in [4.69, 9.17) is 5.11 Å². The summed E-state index contributed by atoms with van der Waals surface area (Å²) in [5, 5.41) is 16.2. The third-order valence-electron chi connectivity index (χ3n) is 3.51. The summed E-state index contributed by atoms with van der Waals surface area (Å²) in [6, 6.07) is 0. The van der Waals surface area contributed by atoms with E-state index in [1.165, 1.54) is 6.08 Å². The van der Waals surface area contributed by atoms with Gasteiger partial charge in [0.2, 0.25) is 5.91 Å². The highest BCUT2D eigenvalue weighted by molar-refractivity contribution is 5.92. The van der Waals surface area contributed by atoms with E-state index in [1.54, 1.807) is 10.8 Å². The summed E-state index contributed by atoms with van der Waals surface area (Å²) in [6.45, 7) is 3.89. The molecular formula is C13H19N3O2. The molecule has 1 aromatic heterocycles. The molecule has 0 atom stereocenters. The van der Waals surface area contributed by atoms with E-state index >= 15 is 0 Å². The number of hydrogen-bond acceptors (Lipinski definition) is 3. The van der Waals surface area contributed by atoms with Gasteiger partial charge in [0.25, 0.3) is 0 Å². The van der Waals surface area contributed by atoms with Gasteiger partial charge in [-0.15, -0.1) is 0 Å². The van der Waals surface area contributed by atoms with Gasteiger partial charge in [0.1, 0.15) is 0 Å². The number of carbonyl (C=O) groups excluding carboxylic acids is 1. The van der Waals surface area contributed by atoms with Gasteiger partial charge in [0.05, 0.1) is 17.8 Å². The van der Waals surface area contributed by atoms with Gasteiger partial charge in [-0.2, -0.15) is 5.10 Å². The highest BCUT2D eigenvalue weighted by Crippen LogP contribution is 2.34. The van der Waals surface area contributed by atoms with E-state index in [2.05, 4.69) is 10.4 Å². The summed E-state index contributed by atoms with van der Waals surface area (Å²) in [6.07, 6.45) is 5.00. The first-order valence-corrected chi connectivity index (χ1v) is 6.09. The summed E-state index contributed by atoms with van der Waals surface area (Å²) in [5.41, 5.74) is 2.55. The van der Waals surface area contributed by atoms with Crippen LogP contribution in [0, 0.1) is 13.8 Å². The van der Waals surface area contributed by atoms with Crippen molar-refractivity contribution in [2.24, 2.45) is 7.05 Å². The number of aliphatic hydroxyl groups is 1. The molecule has 18 heavy (non-hydrogen) atoms. The highest BCUT2D eigenvalue weighted by atomic mass is 16.3. The van der Waals surface area contributed by atoms with Gasteiger partial charge in [0.15, 0.2) is 0 Å². The lowest BCUT2D eigenvalue weighted by Crippen LogP contribution is -2.38. The van der Waals surface area contributed by atoms with E-state index in [-0.39, 0.29) is 18.1 Å². The molecule has 0 aliphatic heterocycles. The predicted molar refractivity (Wildman–Crippen MR) is 68.9 cm³/mol. The summed E-state index contributed by atoms with van der Waals surface area (Å²) in [4.78, 5) is 11.7. The topological polar surface area (TPSA) is 67.2 Å². The second kappa shape index (κ2) is 4.57. The Morgan fingerprint density at radius 2 is 2.22 bits per heavy atom. The maximum Gasteiger partial charge on any atom is 0.244 e. The molecule has 1 heterocycles. The van der Waals surface area contributed by atoms with E-state index < -0.39 is 0 Å². The van der Waals surface area contributed by atoms with Gasteiger partial charge in [-0.25, -0.2) is 0 Å². The van der Waals surface area contributed by atoms with Crippen LogP contribution in [0.5, 0.6) is 0 Å². The molecule has 2 N–H and O–H groups in total. The Morgan fingerprint density at radius 3 is 2.67 bits per heavy atom. The second-order valence-electron chi connectivity index (χ2n) is 4.97. The Morgan fingerprint density at radius 1 is 1.56 bits per heavy atom. The van der Waals surface area contributed by atoms with E-state index in [0.29, 0.717) is 0 Å². The molecule has 98 valence electrons. The van der Waals surface area contributed by atoms with Crippen LogP contribution < -0.4 is 5.32 Å². The molecule has 0 aromatic carbocycles. The fourth-order valence-corrected chi connectivity index (χ4v) is 1.97. The quantitative estimate of drug-likeness (QED) is 0.772. The van der Waals surface area contributed by atoms with Crippen LogP contribution in [0.1, 0.15) is 29.8 Å². The Balaban J connectivity index is 2.04. The largest absolute Gasteiger partial charge is 0.394 e. The Labute approximate surface area is 106 Å². The van der Waals surface area contributed by atoms with Crippen LogP contribution in [0.15, 0.2) is 6.08 Å². The van der Waals surface area contributed by atoms with Crippen molar-refractivity contribution >= 4 is 12.0 Å². The zero-order valence-electron chi connectivity index (χ0n) is 11.0. The zero-order valence-corrected chi connectivity index (χ0v) is 11.0. The average Bonchev–Trinajstić information content (AvgIpc) is 3.04. The van der Waals surface area contributed by atoms with Crippen molar-refractivity contribution in [2.45, 2.75) is 32.2 Å². The first-order chi connectivity index (χ1) is 8.47. The molecule has 0 saturated heterocycles. The molecule has 1 fully saturated rings. The zero-order chi connectivity index (χ0) is 13.3. The number of carbonyl (C=O) groups is 1. The molecule has 2 rings (SSSR count). The minimum absolute atomic E-state index is 0.0114. The lowest BCUT2D eigenvalue weighted by atomic mass is 10.2. The van der Waals surface area contributed by atoms with Gasteiger partial charge in [0, 0.05) is 24.4 Å².